The number of nitrogens with zero attached hydrogens (tertiary/aromatic N) is 5. The molecular formula is C21H24N6O. The Balaban J connectivity index is 1.61. The van der Waals surface area contributed by atoms with Gasteiger partial charge in [-0.2, -0.15) is 5.10 Å². The molecule has 1 unspecified atom stereocenters. The Morgan fingerprint density at radius 2 is 1.93 bits per heavy atom. The lowest BCUT2D eigenvalue weighted by Crippen LogP contribution is -2.39. The third-order valence-corrected chi connectivity index (χ3v) is 5.03. The van der Waals surface area contributed by atoms with E-state index in [1.165, 1.54) is 5.56 Å². The monoisotopic (exact) mass is 376 g/mol. The van der Waals surface area contributed by atoms with Crippen LogP contribution in [0.4, 0.5) is 0 Å². The Bertz CT molecular complexity index is 911. The lowest BCUT2D eigenvalue weighted by Gasteiger charge is -2.30. The summed E-state index contributed by atoms with van der Waals surface area (Å²) in [6.07, 6.45) is 4.21. The molecule has 28 heavy (non-hydrogen) atoms. The van der Waals surface area contributed by atoms with Crippen molar-refractivity contribution in [1.82, 2.24) is 30.0 Å². The molecule has 7 nitrogen and oxygen atoms in total. The second-order valence-corrected chi connectivity index (χ2v) is 7.10. The predicted octanol–water partition coefficient (Wildman–Crippen LogP) is 2.60. The number of hydrogen-bond donors (Lipinski definition) is 1. The highest BCUT2D eigenvalue weighted by molar-refractivity contribution is 5.94. The summed E-state index contributed by atoms with van der Waals surface area (Å²) < 4.78 is 0. The van der Waals surface area contributed by atoms with Gasteiger partial charge in [0.2, 0.25) is 0 Å². The maximum absolute atomic E-state index is 13.2. The van der Waals surface area contributed by atoms with E-state index in [-0.39, 0.29) is 11.9 Å². The minimum Gasteiger partial charge on any atom is -0.327 e. The second-order valence-electron chi connectivity index (χ2n) is 7.10. The van der Waals surface area contributed by atoms with Gasteiger partial charge in [-0.15, -0.1) is 0 Å². The number of carbonyl (C=O) groups excluding carboxylic acids is 1. The summed E-state index contributed by atoms with van der Waals surface area (Å²) in [5.41, 5.74) is 1.91. The van der Waals surface area contributed by atoms with E-state index in [1.54, 1.807) is 24.5 Å². The maximum Gasteiger partial charge on any atom is 0.254 e. The van der Waals surface area contributed by atoms with Gasteiger partial charge in [0.15, 0.2) is 5.82 Å². The van der Waals surface area contributed by atoms with Crippen molar-refractivity contribution >= 4 is 5.91 Å². The van der Waals surface area contributed by atoms with E-state index in [1.807, 2.05) is 17.9 Å². The van der Waals surface area contributed by atoms with Gasteiger partial charge >= 0.3 is 0 Å². The zero-order valence-electron chi connectivity index (χ0n) is 16.0. The summed E-state index contributed by atoms with van der Waals surface area (Å²) in [5, 5.41) is 7.30. The summed E-state index contributed by atoms with van der Waals surface area (Å²) in [7, 11) is 0. The number of aromatic nitrogens is 4. The van der Waals surface area contributed by atoms with E-state index in [4.69, 9.17) is 0 Å². The molecule has 3 heterocycles. The van der Waals surface area contributed by atoms with Gasteiger partial charge in [-0.3, -0.25) is 19.8 Å². The molecule has 7 heteroatoms. The van der Waals surface area contributed by atoms with Crippen LogP contribution in [0.25, 0.3) is 0 Å². The van der Waals surface area contributed by atoms with Crippen molar-refractivity contribution in [2.75, 3.05) is 19.6 Å². The number of pyridine rings is 1. The van der Waals surface area contributed by atoms with Gasteiger partial charge in [0.1, 0.15) is 11.9 Å². The molecule has 1 aromatic carbocycles. The highest BCUT2D eigenvalue weighted by atomic mass is 16.2. The SMILES string of the molecule is Cc1nc(C2CN(Cc3ccccc3)CCCN2C(=O)c2ccncc2)n[nH]1. The van der Waals surface area contributed by atoms with Crippen molar-refractivity contribution in [1.29, 1.82) is 0 Å². The first kappa shape index (κ1) is 18.3. The molecule has 0 aliphatic carbocycles. The Morgan fingerprint density at radius 3 is 2.64 bits per heavy atom. The molecule has 1 amide bonds. The zero-order valence-corrected chi connectivity index (χ0v) is 16.0. The van der Waals surface area contributed by atoms with Gasteiger partial charge in [0.25, 0.3) is 5.91 Å². The predicted molar refractivity (Wildman–Crippen MR) is 105 cm³/mol. The average molecular weight is 376 g/mol. The van der Waals surface area contributed by atoms with Crippen LogP contribution in [0.3, 0.4) is 0 Å². The second kappa shape index (κ2) is 8.31. The molecular weight excluding hydrogens is 352 g/mol. The number of carbonyl (C=O) groups is 1. The molecule has 1 saturated heterocycles. The van der Waals surface area contributed by atoms with Crippen LogP contribution in [0, 0.1) is 6.92 Å². The van der Waals surface area contributed by atoms with Crippen LogP contribution in [0.2, 0.25) is 0 Å². The van der Waals surface area contributed by atoms with E-state index in [0.29, 0.717) is 24.5 Å². The Hall–Kier alpha value is -3.06. The van der Waals surface area contributed by atoms with Crippen LogP contribution in [-0.2, 0) is 6.54 Å². The van der Waals surface area contributed by atoms with Gasteiger partial charge in [0, 0.05) is 44.1 Å². The van der Waals surface area contributed by atoms with Crippen LogP contribution >= 0.6 is 0 Å². The van der Waals surface area contributed by atoms with Crippen LogP contribution in [0.5, 0.6) is 0 Å². The summed E-state index contributed by atoms with van der Waals surface area (Å²) >= 11 is 0. The van der Waals surface area contributed by atoms with Gasteiger partial charge in [-0.25, -0.2) is 4.98 Å². The molecule has 0 bridgehead atoms. The summed E-state index contributed by atoms with van der Waals surface area (Å²) in [6.45, 7) is 5.02. The molecule has 0 radical (unpaired) electrons. The Kier molecular flexibility index (Phi) is 5.43. The first-order valence-corrected chi connectivity index (χ1v) is 9.57. The third-order valence-electron chi connectivity index (χ3n) is 5.03. The molecule has 1 aliphatic heterocycles. The zero-order chi connectivity index (χ0) is 19.3. The fraction of sp³-hybridized carbons (Fsp3) is 0.333. The van der Waals surface area contributed by atoms with Crippen molar-refractivity contribution in [3.8, 4) is 0 Å². The van der Waals surface area contributed by atoms with E-state index in [9.17, 15) is 4.79 Å². The number of H-pyrrole nitrogens is 1. The lowest BCUT2D eigenvalue weighted by molar-refractivity contribution is 0.0663. The minimum absolute atomic E-state index is 0.00332. The van der Waals surface area contributed by atoms with Crippen LogP contribution in [0.1, 0.15) is 40.0 Å². The number of benzene rings is 1. The van der Waals surface area contributed by atoms with E-state index in [2.05, 4.69) is 49.3 Å². The third kappa shape index (κ3) is 4.09. The summed E-state index contributed by atoms with van der Waals surface area (Å²) in [4.78, 5) is 26.1. The molecule has 1 aliphatic rings. The first-order valence-electron chi connectivity index (χ1n) is 9.57. The van der Waals surface area contributed by atoms with Gasteiger partial charge in [0.05, 0.1) is 0 Å². The van der Waals surface area contributed by atoms with Crippen LogP contribution in [0.15, 0.2) is 54.9 Å². The van der Waals surface area contributed by atoms with Gasteiger partial charge in [-0.05, 0) is 31.0 Å². The van der Waals surface area contributed by atoms with Gasteiger partial charge < -0.3 is 4.90 Å². The van der Waals surface area contributed by atoms with E-state index in [0.717, 1.165) is 25.3 Å². The number of hydrogen-bond acceptors (Lipinski definition) is 5. The number of nitrogens with one attached hydrogen (secondary N) is 1. The van der Waals surface area contributed by atoms with Crippen LogP contribution in [-0.4, -0.2) is 55.5 Å². The number of rotatable bonds is 4. The molecule has 0 spiro atoms. The molecule has 2 aromatic heterocycles. The first-order chi connectivity index (χ1) is 13.7. The summed E-state index contributed by atoms with van der Waals surface area (Å²) in [5.74, 6) is 1.42. The van der Waals surface area contributed by atoms with E-state index >= 15 is 0 Å². The standard InChI is InChI=1S/C21H24N6O/c1-16-23-20(25-24-16)19-15-26(14-17-6-3-2-4-7-17)12-5-13-27(19)21(28)18-8-10-22-11-9-18/h2-4,6-11,19H,5,12-15H2,1H3,(H,23,24,25). The van der Waals surface area contributed by atoms with Gasteiger partial charge in [-0.1, -0.05) is 30.3 Å². The molecule has 3 aromatic rings. The molecule has 4 rings (SSSR count). The molecule has 1 atom stereocenters. The van der Waals surface area contributed by atoms with E-state index < -0.39 is 0 Å². The van der Waals surface area contributed by atoms with Crippen molar-refractivity contribution in [3.05, 3.63) is 77.6 Å². The molecule has 0 saturated carbocycles. The molecule has 1 fully saturated rings. The molecule has 144 valence electrons. The minimum atomic E-state index is -0.197. The normalized spacial score (nSPS) is 18.0. The summed E-state index contributed by atoms with van der Waals surface area (Å²) in [6, 6.07) is 13.7. The van der Waals surface area contributed by atoms with Crippen molar-refractivity contribution in [3.63, 3.8) is 0 Å². The average Bonchev–Trinajstić information content (AvgIpc) is 3.05. The molecule has 1 N–H and O–H groups in total. The van der Waals surface area contributed by atoms with Crippen molar-refractivity contribution < 1.29 is 4.79 Å². The lowest BCUT2D eigenvalue weighted by atomic mass is 10.1. The topological polar surface area (TPSA) is 78.0 Å². The van der Waals surface area contributed by atoms with Crippen molar-refractivity contribution in [2.45, 2.75) is 25.9 Å². The smallest absolute Gasteiger partial charge is 0.254 e. The number of amides is 1. The Labute approximate surface area is 164 Å². The largest absolute Gasteiger partial charge is 0.327 e. The van der Waals surface area contributed by atoms with Crippen molar-refractivity contribution in [2.24, 2.45) is 0 Å². The number of aryl methyl sites for hydroxylation is 1. The number of aromatic amines is 1. The highest BCUT2D eigenvalue weighted by Gasteiger charge is 2.32. The maximum atomic E-state index is 13.2. The fourth-order valence-corrected chi connectivity index (χ4v) is 3.67. The quantitative estimate of drug-likeness (QED) is 0.757. The van der Waals surface area contributed by atoms with Crippen LogP contribution < -0.4 is 0 Å². The Morgan fingerprint density at radius 1 is 1.14 bits per heavy atom. The highest BCUT2D eigenvalue weighted by Crippen LogP contribution is 2.25. The fourth-order valence-electron chi connectivity index (χ4n) is 3.67.